The molecule has 0 saturated heterocycles. The molecule has 102 valence electrons. The van der Waals surface area contributed by atoms with Gasteiger partial charge in [0.25, 0.3) is 5.91 Å². The second-order valence-electron chi connectivity index (χ2n) is 4.98. The van der Waals surface area contributed by atoms with Crippen molar-refractivity contribution in [1.29, 1.82) is 0 Å². The molecule has 1 heterocycles. The van der Waals surface area contributed by atoms with Crippen LogP contribution in [0.25, 0.3) is 10.9 Å². The zero-order chi connectivity index (χ0) is 14.1. The molecule has 1 amide bonds. The Labute approximate surface area is 122 Å². The first-order chi connectivity index (χ1) is 9.70. The third-order valence-electron chi connectivity index (χ3n) is 3.46. The fraction of sp³-hybridized carbons (Fsp3) is 0.250. The van der Waals surface area contributed by atoms with E-state index in [2.05, 4.69) is 11.6 Å². The predicted octanol–water partition coefficient (Wildman–Crippen LogP) is 3.68. The summed E-state index contributed by atoms with van der Waals surface area (Å²) in [6.45, 7) is 4.27. The van der Waals surface area contributed by atoms with E-state index in [4.69, 9.17) is 11.6 Å². The van der Waals surface area contributed by atoms with Crippen molar-refractivity contribution >= 4 is 28.4 Å². The Hall–Kier alpha value is -1.87. The standard InChI is InChI=1S/C16H15ClN2O/c1-2-9-19(11-7-8-11)16(20)15-10-13(17)12-5-3-4-6-14(12)18-15/h2-6,10-11H,1,7-9H2. The zero-order valence-electron chi connectivity index (χ0n) is 11.1. The van der Waals surface area contributed by atoms with Gasteiger partial charge in [0, 0.05) is 18.0 Å². The van der Waals surface area contributed by atoms with Gasteiger partial charge in [0.15, 0.2) is 0 Å². The SMILES string of the molecule is C=CCN(C(=O)c1cc(Cl)c2ccccc2n1)C1CC1. The number of carbonyl (C=O) groups excluding carboxylic acids is 1. The molecule has 3 rings (SSSR count). The van der Waals surface area contributed by atoms with Crippen molar-refractivity contribution in [3.63, 3.8) is 0 Å². The van der Waals surface area contributed by atoms with Crippen molar-refractivity contribution in [2.75, 3.05) is 6.54 Å². The van der Waals surface area contributed by atoms with E-state index in [0.717, 1.165) is 23.7 Å². The molecule has 0 spiro atoms. The minimum absolute atomic E-state index is 0.0694. The molecule has 1 saturated carbocycles. The number of benzene rings is 1. The molecule has 4 heteroatoms. The van der Waals surface area contributed by atoms with Crippen molar-refractivity contribution < 1.29 is 4.79 Å². The normalized spacial score (nSPS) is 14.2. The first kappa shape index (κ1) is 13.1. The van der Waals surface area contributed by atoms with E-state index >= 15 is 0 Å². The average Bonchev–Trinajstić information content (AvgIpc) is 3.28. The lowest BCUT2D eigenvalue weighted by Crippen LogP contribution is -2.33. The first-order valence-corrected chi connectivity index (χ1v) is 7.05. The Balaban J connectivity index is 2.00. The molecule has 0 atom stereocenters. The summed E-state index contributed by atoms with van der Waals surface area (Å²) in [6, 6.07) is 9.56. The van der Waals surface area contributed by atoms with Crippen LogP contribution in [0.2, 0.25) is 5.02 Å². The Morgan fingerprint density at radius 1 is 1.45 bits per heavy atom. The van der Waals surface area contributed by atoms with Gasteiger partial charge >= 0.3 is 0 Å². The molecule has 0 N–H and O–H groups in total. The number of fused-ring (bicyclic) bond motifs is 1. The third kappa shape index (κ3) is 2.41. The highest BCUT2D eigenvalue weighted by atomic mass is 35.5. The van der Waals surface area contributed by atoms with Crippen LogP contribution in [-0.2, 0) is 0 Å². The first-order valence-electron chi connectivity index (χ1n) is 6.68. The number of hydrogen-bond donors (Lipinski definition) is 0. The van der Waals surface area contributed by atoms with Gasteiger partial charge in [-0.15, -0.1) is 6.58 Å². The summed E-state index contributed by atoms with van der Waals surface area (Å²) in [6.07, 6.45) is 3.86. The number of carbonyl (C=O) groups is 1. The van der Waals surface area contributed by atoms with Crippen LogP contribution < -0.4 is 0 Å². The molecule has 1 aliphatic rings. The van der Waals surface area contributed by atoms with Crippen LogP contribution in [-0.4, -0.2) is 28.4 Å². The molecular weight excluding hydrogens is 272 g/mol. The van der Waals surface area contributed by atoms with E-state index < -0.39 is 0 Å². The monoisotopic (exact) mass is 286 g/mol. The number of nitrogens with zero attached hydrogens (tertiary/aromatic N) is 2. The van der Waals surface area contributed by atoms with E-state index in [1.165, 1.54) is 0 Å². The Bertz CT molecular complexity index is 679. The number of halogens is 1. The highest BCUT2D eigenvalue weighted by Gasteiger charge is 2.32. The molecule has 1 aromatic heterocycles. The van der Waals surface area contributed by atoms with Gasteiger partial charge < -0.3 is 4.90 Å². The van der Waals surface area contributed by atoms with Crippen molar-refractivity contribution in [2.24, 2.45) is 0 Å². The second-order valence-corrected chi connectivity index (χ2v) is 5.39. The topological polar surface area (TPSA) is 33.2 Å². The van der Waals surface area contributed by atoms with Crippen LogP contribution in [0, 0.1) is 0 Å². The van der Waals surface area contributed by atoms with E-state index in [9.17, 15) is 4.79 Å². The van der Waals surface area contributed by atoms with Crippen molar-refractivity contribution in [3.8, 4) is 0 Å². The lowest BCUT2D eigenvalue weighted by molar-refractivity contribution is 0.0757. The molecule has 0 bridgehead atoms. The molecule has 1 fully saturated rings. The van der Waals surface area contributed by atoms with Crippen molar-refractivity contribution in [3.05, 3.63) is 53.7 Å². The minimum atomic E-state index is -0.0694. The lowest BCUT2D eigenvalue weighted by atomic mass is 10.2. The fourth-order valence-electron chi connectivity index (χ4n) is 2.31. The Morgan fingerprint density at radius 2 is 2.20 bits per heavy atom. The van der Waals surface area contributed by atoms with Crippen LogP contribution in [0.15, 0.2) is 43.0 Å². The van der Waals surface area contributed by atoms with Gasteiger partial charge in [-0.25, -0.2) is 4.98 Å². The lowest BCUT2D eigenvalue weighted by Gasteiger charge is -2.20. The molecule has 2 aromatic rings. The van der Waals surface area contributed by atoms with Gasteiger partial charge in [0.2, 0.25) is 0 Å². The molecule has 0 unspecified atom stereocenters. The van der Waals surface area contributed by atoms with Crippen LogP contribution >= 0.6 is 11.6 Å². The maximum absolute atomic E-state index is 12.6. The molecule has 0 aliphatic heterocycles. The minimum Gasteiger partial charge on any atom is -0.331 e. The summed E-state index contributed by atoms with van der Waals surface area (Å²) >= 11 is 6.25. The van der Waals surface area contributed by atoms with Crippen molar-refractivity contribution in [2.45, 2.75) is 18.9 Å². The molecule has 3 nitrogen and oxygen atoms in total. The number of amides is 1. The molecular formula is C16H15ClN2O. The Morgan fingerprint density at radius 3 is 2.90 bits per heavy atom. The van der Waals surface area contributed by atoms with E-state index in [1.807, 2.05) is 29.2 Å². The summed E-state index contributed by atoms with van der Waals surface area (Å²) < 4.78 is 0. The summed E-state index contributed by atoms with van der Waals surface area (Å²) in [7, 11) is 0. The van der Waals surface area contributed by atoms with Crippen LogP contribution in [0.3, 0.4) is 0 Å². The number of aromatic nitrogens is 1. The number of hydrogen-bond acceptors (Lipinski definition) is 2. The average molecular weight is 287 g/mol. The van der Waals surface area contributed by atoms with E-state index in [1.54, 1.807) is 12.1 Å². The zero-order valence-corrected chi connectivity index (χ0v) is 11.8. The summed E-state index contributed by atoms with van der Waals surface area (Å²) in [4.78, 5) is 18.8. The van der Waals surface area contributed by atoms with Gasteiger partial charge in [-0.2, -0.15) is 0 Å². The molecule has 1 aromatic carbocycles. The van der Waals surface area contributed by atoms with Gasteiger partial charge in [0.05, 0.1) is 10.5 Å². The third-order valence-corrected chi connectivity index (χ3v) is 3.77. The highest BCUT2D eigenvalue weighted by molar-refractivity contribution is 6.35. The maximum Gasteiger partial charge on any atom is 0.273 e. The molecule has 1 aliphatic carbocycles. The van der Waals surface area contributed by atoms with Gasteiger partial charge in [-0.1, -0.05) is 35.9 Å². The van der Waals surface area contributed by atoms with Gasteiger partial charge in [-0.3, -0.25) is 4.79 Å². The van der Waals surface area contributed by atoms with E-state index in [-0.39, 0.29) is 5.91 Å². The van der Waals surface area contributed by atoms with Crippen LogP contribution in [0.1, 0.15) is 23.3 Å². The van der Waals surface area contributed by atoms with Crippen LogP contribution in [0.5, 0.6) is 0 Å². The predicted molar refractivity (Wildman–Crippen MR) is 81.0 cm³/mol. The second kappa shape index (κ2) is 5.25. The smallest absolute Gasteiger partial charge is 0.273 e. The summed E-state index contributed by atoms with van der Waals surface area (Å²) in [5.74, 6) is -0.0694. The largest absolute Gasteiger partial charge is 0.331 e. The Kier molecular flexibility index (Phi) is 3.45. The quantitative estimate of drug-likeness (QED) is 0.803. The van der Waals surface area contributed by atoms with Crippen molar-refractivity contribution in [1.82, 2.24) is 9.88 Å². The summed E-state index contributed by atoms with van der Waals surface area (Å²) in [5, 5.41) is 1.43. The number of para-hydroxylation sites is 1. The molecule has 20 heavy (non-hydrogen) atoms. The van der Waals surface area contributed by atoms with Gasteiger partial charge in [0.1, 0.15) is 5.69 Å². The summed E-state index contributed by atoms with van der Waals surface area (Å²) in [5.41, 5.74) is 1.15. The number of rotatable bonds is 4. The number of pyridine rings is 1. The van der Waals surface area contributed by atoms with E-state index in [0.29, 0.717) is 23.3 Å². The maximum atomic E-state index is 12.6. The van der Waals surface area contributed by atoms with Gasteiger partial charge in [-0.05, 0) is 25.0 Å². The molecule has 0 radical (unpaired) electrons. The van der Waals surface area contributed by atoms with Crippen LogP contribution in [0.4, 0.5) is 0 Å². The fourth-order valence-corrected chi connectivity index (χ4v) is 2.58. The highest BCUT2D eigenvalue weighted by Crippen LogP contribution is 2.29.